The third kappa shape index (κ3) is 2.98. The molecule has 0 amide bonds. The first-order valence-electron chi connectivity index (χ1n) is 6.21. The fraction of sp³-hybridized carbons (Fsp3) is 0.500. The van der Waals surface area contributed by atoms with Crippen LogP contribution in [0.3, 0.4) is 0 Å². The summed E-state index contributed by atoms with van der Waals surface area (Å²) >= 11 is 2.97. The van der Waals surface area contributed by atoms with Gasteiger partial charge in [0, 0.05) is 19.7 Å². The van der Waals surface area contributed by atoms with Crippen molar-refractivity contribution >= 4 is 31.6 Å². The molecule has 0 spiro atoms. The number of piperidine rings is 1. The number of aliphatic hydroxyl groups is 1. The maximum absolute atomic E-state index is 13.3. The monoisotopic (exact) mass is 366 g/mol. The van der Waals surface area contributed by atoms with Crippen LogP contribution in [0.1, 0.15) is 12.8 Å². The molecule has 112 valence electrons. The molecule has 1 aromatic carbocycles. The molecule has 20 heavy (non-hydrogen) atoms. The molecule has 0 atom stereocenters. The van der Waals surface area contributed by atoms with Gasteiger partial charge >= 0.3 is 0 Å². The fourth-order valence-corrected chi connectivity index (χ4v) is 4.33. The van der Waals surface area contributed by atoms with E-state index >= 15 is 0 Å². The molecule has 0 aromatic heterocycles. The summed E-state index contributed by atoms with van der Waals surface area (Å²) in [6.45, 7) is 0.738. The molecule has 3 N–H and O–H groups in total. The number of nitrogens with two attached hydrogens (primary N) is 1. The number of hydrogen-bond donors (Lipinski definition) is 2. The second-order valence-corrected chi connectivity index (χ2v) is 7.59. The highest BCUT2D eigenvalue weighted by atomic mass is 79.9. The number of nitrogens with zero attached hydrogens (tertiary/aromatic N) is 1. The van der Waals surface area contributed by atoms with Gasteiger partial charge in [-0.2, -0.15) is 4.31 Å². The summed E-state index contributed by atoms with van der Waals surface area (Å²) in [5.74, 6) is -0.459. The van der Waals surface area contributed by atoms with Gasteiger partial charge in [-0.15, -0.1) is 0 Å². The van der Waals surface area contributed by atoms with Crippen LogP contribution in [0.15, 0.2) is 21.5 Å². The van der Waals surface area contributed by atoms with E-state index in [1.165, 1.54) is 10.4 Å². The van der Waals surface area contributed by atoms with Crippen molar-refractivity contribution in [3.8, 4) is 0 Å². The van der Waals surface area contributed by atoms with Crippen LogP contribution in [-0.2, 0) is 10.0 Å². The van der Waals surface area contributed by atoms with E-state index in [4.69, 9.17) is 10.8 Å². The molecule has 5 nitrogen and oxygen atoms in total. The third-order valence-electron chi connectivity index (χ3n) is 3.50. The Morgan fingerprint density at radius 1 is 1.40 bits per heavy atom. The molecular weight excluding hydrogens is 351 g/mol. The quantitative estimate of drug-likeness (QED) is 0.795. The van der Waals surface area contributed by atoms with Gasteiger partial charge in [-0.1, -0.05) is 0 Å². The van der Waals surface area contributed by atoms with E-state index in [-0.39, 0.29) is 27.6 Å². The molecule has 1 heterocycles. The Kier molecular flexibility index (Phi) is 4.68. The second-order valence-electron chi connectivity index (χ2n) is 4.83. The van der Waals surface area contributed by atoms with Gasteiger partial charge in [-0.25, -0.2) is 12.8 Å². The van der Waals surface area contributed by atoms with Gasteiger partial charge in [0.1, 0.15) is 10.7 Å². The van der Waals surface area contributed by atoms with Crippen molar-refractivity contribution < 1.29 is 17.9 Å². The lowest BCUT2D eigenvalue weighted by Crippen LogP contribution is -2.39. The molecule has 0 radical (unpaired) electrons. The summed E-state index contributed by atoms with van der Waals surface area (Å²) < 4.78 is 39.7. The third-order valence-corrected chi connectivity index (χ3v) is 6.06. The Morgan fingerprint density at radius 2 is 2.00 bits per heavy atom. The molecule has 1 aromatic rings. The Hall–Kier alpha value is -0.700. The lowest BCUT2D eigenvalue weighted by Gasteiger charge is -2.30. The van der Waals surface area contributed by atoms with Crippen molar-refractivity contribution in [2.45, 2.75) is 17.7 Å². The lowest BCUT2D eigenvalue weighted by molar-refractivity contribution is 0.170. The van der Waals surface area contributed by atoms with Crippen molar-refractivity contribution in [2.24, 2.45) is 5.92 Å². The van der Waals surface area contributed by atoms with Gasteiger partial charge in [0.05, 0.1) is 10.2 Å². The van der Waals surface area contributed by atoms with E-state index < -0.39 is 15.8 Å². The van der Waals surface area contributed by atoms with E-state index in [0.717, 1.165) is 6.07 Å². The van der Waals surface area contributed by atoms with Crippen LogP contribution < -0.4 is 5.73 Å². The van der Waals surface area contributed by atoms with Gasteiger partial charge in [-0.05, 0) is 46.8 Å². The van der Waals surface area contributed by atoms with Crippen LogP contribution in [0.5, 0.6) is 0 Å². The van der Waals surface area contributed by atoms with Crippen molar-refractivity contribution in [3.63, 3.8) is 0 Å². The number of sulfonamides is 1. The normalized spacial score (nSPS) is 18.4. The molecule has 0 saturated carbocycles. The maximum atomic E-state index is 13.3. The Morgan fingerprint density at radius 3 is 2.55 bits per heavy atom. The summed E-state index contributed by atoms with van der Waals surface area (Å²) in [6, 6.07) is 2.19. The summed E-state index contributed by atoms with van der Waals surface area (Å²) in [4.78, 5) is -0.0896. The van der Waals surface area contributed by atoms with Crippen molar-refractivity contribution in [1.29, 1.82) is 0 Å². The smallest absolute Gasteiger partial charge is 0.245 e. The molecule has 1 fully saturated rings. The van der Waals surface area contributed by atoms with Crippen LogP contribution in [0.2, 0.25) is 0 Å². The van der Waals surface area contributed by atoms with Gasteiger partial charge in [0.2, 0.25) is 10.0 Å². The molecule has 1 aliphatic rings. The predicted octanol–water partition coefficient (Wildman–Crippen LogP) is 1.56. The van der Waals surface area contributed by atoms with Gasteiger partial charge in [0.15, 0.2) is 0 Å². The zero-order valence-electron chi connectivity index (χ0n) is 10.7. The minimum Gasteiger partial charge on any atom is -0.398 e. The summed E-state index contributed by atoms with van der Waals surface area (Å²) in [6.07, 6.45) is 1.22. The fourth-order valence-electron chi connectivity index (χ4n) is 2.24. The van der Waals surface area contributed by atoms with Crippen LogP contribution in [0.25, 0.3) is 0 Å². The number of rotatable bonds is 3. The van der Waals surface area contributed by atoms with Gasteiger partial charge < -0.3 is 10.8 Å². The molecule has 1 aliphatic heterocycles. The molecule has 0 unspecified atom stereocenters. The minimum absolute atomic E-state index is 0.0653. The Labute approximate surface area is 125 Å². The topological polar surface area (TPSA) is 83.6 Å². The minimum atomic E-state index is -3.73. The zero-order chi connectivity index (χ0) is 14.9. The predicted molar refractivity (Wildman–Crippen MR) is 77.1 cm³/mol. The van der Waals surface area contributed by atoms with Crippen molar-refractivity contribution in [1.82, 2.24) is 4.31 Å². The van der Waals surface area contributed by atoms with Crippen LogP contribution in [-0.4, -0.2) is 37.5 Å². The average Bonchev–Trinajstić information content (AvgIpc) is 2.42. The van der Waals surface area contributed by atoms with Crippen molar-refractivity contribution in [2.75, 3.05) is 25.4 Å². The standard InChI is InChI=1S/C12H16BrFN2O3S/c13-9-5-12(11(15)6-10(9)14)20(18,19)16-3-1-8(7-17)2-4-16/h5-6,8,17H,1-4,7,15H2. The Bertz CT molecular complexity index is 601. The summed E-state index contributed by atoms with van der Waals surface area (Å²) in [5.41, 5.74) is 5.53. The second kappa shape index (κ2) is 5.97. The largest absolute Gasteiger partial charge is 0.398 e. The zero-order valence-corrected chi connectivity index (χ0v) is 13.1. The van der Waals surface area contributed by atoms with E-state index in [0.29, 0.717) is 25.9 Å². The first-order chi connectivity index (χ1) is 9.36. The maximum Gasteiger partial charge on any atom is 0.245 e. The first kappa shape index (κ1) is 15.7. The molecule has 0 aliphatic carbocycles. The van der Waals surface area contributed by atoms with E-state index in [2.05, 4.69) is 15.9 Å². The van der Waals surface area contributed by atoms with Crippen LogP contribution >= 0.6 is 15.9 Å². The van der Waals surface area contributed by atoms with Gasteiger partial charge in [0.25, 0.3) is 0 Å². The van der Waals surface area contributed by atoms with E-state index in [1.54, 1.807) is 0 Å². The highest BCUT2D eigenvalue weighted by Crippen LogP contribution is 2.30. The number of aliphatic hydroxyl groups excluding tert-OH is 1. The number of hydrogen-bond acceptors (Lipinski definition) is 4. The summed E-state index contributed by atoms with van der Waals surface area (Å²) in [7, 11) is -3.73. The molecule has 0 bridgehead atoms. The molecule has 2 rings (SSSR count). The highest BCUT2D eigenvalue weighted by molar-refractivity contribution is 9.10. The average molecular weight is 367 g/mol. The van der Waals surface area contributed by atoms with Crippen molar-refractivity contribution in [3.05, 3.63) is 22.4 Å². The first-order valence-corrected chi connectivity index (χ1v) is 8.45. The number of nitrogen functional groups attached to an aromatic ring is 1. The molecular formula is C12H16BrFN2O3S. The number of benzene rings is 1. The van der Waals surface area contributed by atoms with Gasteiger partial charge in [-0.3, -0.25) is 0 Å². The number of anilines is 1. The SMILES string of the molecule is Nc1cc(F)c(Br)cc1S(=O)(=O)N1CCC(CO)CC1. The van der Waals surface area contributed by atoms with Crippen LogP contribution in [0.4, 0.5) is 10.1 Å². The van der Waals surface area contributed by atoms with E-state index in [9.17, 15) is 12.8 Å². The Balaban J connectivity index is 2.30. The lowest BCUT2D eigenvalue weighted by atomic mass is 10.00. The van der Waals surface area contributed by atoms with Crippen LogP contribution in [0, 0.1) is 11.7 Å². The molecule has 8 heteroatoms. The van der Waals surface area contributed by atoms with E-state index in [1.807, 2.05) is 0 Å². The molecule has 1 saturated heterocycles. The summed E-state index contributed by atoms with van der Waals surface area (Å²) in [5, 5.41) is 9.07. The number of halogens is 2. The highest BCUT2D eigenvalue weighted by Gasteiger charge is 2.31.